The highest BCUT2D eigenvalue weighted by molar-refractivity contribution is 7.99. The van der Waals surface area contributed by atoms with Gasteiger partial charge in [-0.1, -0.05) is 12.8 Å². The summed E-state index contributed by atoms with van der Waals surface area (Å²) in [4.78, 5) is 12.5. The van der Waals surface area contributed by atoms with Gasteiger partial charge in [0.05, 0.1) is 23.7 Å². The molecular formula is C23H30N4OS. The fourth-order valence-corrected chi connectivity index (χ4v) is 5.45. The lowest BCUT2D eigenvalue weighted by Gasteiger charge is -2.31. The fraction of sp³-hybridized carbons (Fsp3) is 0.565. The number of rotatable bonds is 6. The maximum Gasteiger partial charge on any atom is 0.161 e. The monoisotopic (exact) mass is 410 g/mol. The Morgan fingerprint density at radius 2 is 1.79 bits per heavy atom. The van der Waals surface area contributed by atoms with E-state index in [0.717, 1.165) is 43.5 Å². The average molecular weight is 411 g/mol. The molecule has 1 aliphatic heterocycles. The summed E-state index contributed by atoms with van der Waals surface area (Å²) >= 11 is 1.96. The summed E-state index contributed by atoms with van der Waals surface area (Å²) in [5.74, 6) is 1.90. The van der Waals surface area contributed by atoms with E-state index < -0.39 is 0 Å². The van der Waals surface area contributed by atoms with Crippen LogP contribution in [-0.2, 0) is 9.48 Å². The first-order valence-corrected chi connectivity index (χ1v) is 12.1. The Labute approximate surface area is 177 Å². The molecule has 29 heavy (non-hydrogen) atoms. The third kappa shape index (κ3) is 4.10. The van der Waals surface area contributed by atoms with Gasteiger partial charge in [-0.25, -0.2) is 9.97 Å². The number of morpholine rings is 1. The van der Waals surface area contributed by atoms with Crippen LogP contribution in [0.5, 0.6) is 0 Å². The molecule has 3 aliphatic rings. The minimum Gasteiger partial charge on any atom is -0.382 e. The molecule has 2 aromatic rings. The summed E-state index contributed by atoms with van der Waals surface area (Å²) in [6.45, 7) is 3.33. The second-order valence-electron chi connectivity index (χ2n) is 8.44. The lowest BCUT2D eigenvalue weighted by atomic mass is 10.0. The minimum absolute atomic E-state index is 0.131. The topological polar surface area (TPSA) is 50.3 Å². The Balaban J connectivity index is 1.51. The molecule has 3 fully saturated rings. The predicted octanol–water partition coefficient (Wildman–Crippen LogP) is 4.69. The van der Waals surface area contributed by atoms with Crippen LogP contribution < -0.4 is 10.2 Å². The van der Waals surface area contributed by atoms with E-state index in [-0.39, 0.29) is 4.75 Å². The summed E-state index contributed by atoms with van der Waals surface area (Å²) in [6.07, 6.45) is 9.79. The van der Waals surface area contributed by atoms with Gasteiger partial charge in [0.2, 0.25) is 0 Å². The largest absolute Gasteiger partial charge is 0.382 e. The van der Waals surface area contributed by atoms with Gasteiger partial charge in [0, 0.05) is 36.4 Å². The average Bonchev–Trinajstić information content (AvgIpc) is 3.46. The van der Waals surface area contributed by atoms with Crippen molar-refractivity contribution in [3.05, 3.63) is 36.0 Å². The lowest BCUT2D eigenvalue weighted by Crippen LogP contribution is -2.37. The quantitative estimate of drug-likeness (QED) is 0.746. The number of nitrogens with zero attached hydrogens (tertiary/aromatic N) is 3. The zero-order valence-electron chi connectivity index (χ0n) is 17.2. The molecule has 0 radical (unpaired) electrons. The maximum absolute atomic E-state index is 5.56. The van der Waals surface area contributed by atoms with E-state index in [1.807, 2.05) is 11.8 Å². The van der Waals surface area contributed by atoms with E-state index in [0.29, 0.717) is 6.04 Å². The van der Waals surface area contributed by atoms with Gasteiger partial charge in [0.25, 0.3) is 0 Å². The Morgan fingerprint density at radius 3 is 2.45 bits per heavy atom. The number of anilines is 2. The molecule has 0 atom stereocenters. The van der Waals surface area contributed by atoms with Crippen molar-refractivity contribution in [1.29, 1.82) is 0 Å². The first kappa shape index (κ1) is 19.2. The number of benzene rings is 1. The van der Waals surface area contributed by atoms with Crippen molar-refractivity contribution >= 4 is 23.3 Å². The first-order valence-electron chi connectivity index (χ1n) is 10.9. The number of hydrogen-bond donors (Lipinski definition) is 1. The number of nitrogens with one attached hydrogen (secondary N) is 1. The van der Waals surface area contributed by atoms with Crippen molar-refractivity contribution in [2.45, 2.75) is 49.3 Å². The van der Waals surface area contributed by atoms with Crippen molar-refractivity contribution in [2.75, 3.05) is 42.8 Å². The Morgan fingerprint density at radius 1 is 1.07 bits per heavy atom. The highest BCUT2D eigenvalue weighted by Gasteiger charge is 2.37. The second-order valence-corrected chi connectivity index (χ2v) is 9.63. The van der Waals surface area contributed by atoms with E-state index in [1.165, 1.54) is 49.9 Å². The molecule has 0 amide bonds. The van der Waals surface area contributed by atoms with Gasteiger partial charge in [0.1, 0.15) is 5.82 Å². The van der Waals surface area contributed by atoms with E-state index in [2.05, 4.69) is 46.8 Å². The van der Waals surface area contributed by atoms with E-state index in [1.54, 1.807) is 0 Å². The zero-order valence-corrected chi connectivity index (χ0v) is 18.0. The number of ether oxygens (including phenoxy) is 1. The molecule has 1 saturated heterocycles. The number of aromatic nitrogens is 2. The van der Waals surface area contributed by atoms with Gasteiger partial charge < -0.3 is 15.0 Å². The first-order chi connectivity index (χ1) is 14.3. The number of thioether (sulfide) groups is 1. The molecule has 2 aliphatic carbocycles. The molecule has 5 rings (SSSR count). The normalized spacial score (nSPS) is 21.3. The van der Waals surface area contributed by atoms with Crippen LogP contribution in [0, 0.1) is 0 Å². The fourth-order valence-electron chi connectivity index (χ4n) is 4.44. The highest BCUT2D eigenvalue weighted by atomic mass is 32.2. The van der Waals surface area contributed by atoms with Crippen LogP contribution >= 0.6 is 11.8 Å². The lowest BCUT2D eigenvalue weighted by molar-refractivity contribution is 0.122. The van der Waals surface area contributed by atoms with Crippen molar-refractivity contribution < 1.29 is 4.74 Å². The Kier molecular flexibility index (Phi) is 5.39. The molecular weight excluding hydrogens is 380 g/mol. The summed E-state index contributed by atoms with van der Waals surface area (Å²) in [5.41, 5.74) is 3.49. The van der Waals surface area contributed by atoms with Crippen molar-refractivity contribution in [3.63, 3.8) is 0 Å². The molecule has 1 N–H and O–H groups in total. The molecule has 154 valence electrons. The SMILES string of the molecule is CSC1(c2cc(N3CCOCC3)nc(-c3ccc(NC4CC4)cc3)n2)CCCC1. The third-order valence-corrected chi connectivity index (χ3v) is 7.81. The predicted molar refractivity (Wildman–Crippen MR) is 121 cm³/mol. The smallest absolute Gasteiger partial charge is 0.161 e. The third-order valence-electron chi connectivity index (χ3n) is 6.41. The minimum atomic E-state index is 0.131. The summed E-state index contributed by atoms with van der Waals surface area (Å²) in [5, 5.41) is 3.56. The highest BCUT2D eigenvalue weighted by Crippen LogP contribution is 2.48. The van der Waals surface area contributed by atoms with Crippen LogP contribution in [0.1, 0.15) is 44.2 Å². The van der Waals surface area contributed by atoms with Crippen LogP contribution in [0.25, 0.3) is 11.4 Å². The van der Waals surface area contributed by atoms with Crippen molar-refractivity contribution in [1.82, 2.24) is 9.97 Å². The van der Waals surface area contributed by atoms with Crippen LogP contribution in [0.15, 0.2) is 30.3 Å². The van der Waals surface area contributed by atoms with E-state index in [4.69, 9.17) is 14.7 Å². The van der Waals surface area contributed by atoms with Crippen molar-refractivity contribution in [2.24, 2.45) is 0 Å². The molecule has 2 heterocycles. The van der Waals surface area contributed by atoms with Gasteiger partial charge in [0.15, 0.2) is 5.82 Å². The van der Waals surface area contributed by atoms with Crippen LogP contribution in [0.3, 0.4) is 0 Å². The Hall–Kier alpha value is -1.79. The Bertz CT molecular complexity index is 840. The van der Waals surface area contributed by atoms with Crippen LogP contribution in [-0.4, -0.2) is 48.6 Å². The second kappa shape index (κ2) is 8.15. The van der Waals surface area contributed by atoms with Gasteiger partial charge in [-0.15, -0.1) is 0 Å². The zero-order chi connectivity index (χ0) is 19.7. The molecule has 6 heteroatoms. The molecule has 0 spiro atoms. The molecule has 1 aromatic carbocycles. The molecule has 2 saturated carbocycles. The van der Waals surface area contributed by atoms with Gasteiger partial charge in [-0.3, -0.25) is 0 Å². The van der Waals surface area contributed by atoms with Crippen LogP contribution in [0.4, 0.5) is 11.5 Å². The van der Waals surface area contributed by atoms with Gasteiger partial charge in [-0.05, 0) is 56.2 Å². The summed E-state index contributed by atoms with van der Waals surface area (Å²) in [6, 6.07) is 11.6. The molecule has 0 bridgehead atoms. The molecule has 1 aromatic heterocycles. The standard InChI is InChI=1S/C23H30N4OS/c1-29-23(10-2-3-11-23)20-16-21(27-12-14-28-15-13-27)26-22(25-20)17-4-6-18(7-5-17)24-19-8-9-19/h4-7,16,19,24H,2-3,8-15H2,1H3. The summed E-state index contributed by atoms with van der Waals surface area (Å²) < 4.78 is 5.69. The van der Waals surface area contributed by atoms with Crippen molar-refractivity contribution in [3.8, 4) is 11.4 Å². The van der Waals surface area contributed by atoms with Gasteiger partial charge in [-0.2, -0.15) is 11.8 Å². The molecule has 0 unspecified atom stereocenters. The summed E-state index contributed by atoms with van der Waals surface area (Å²) in [7, 11) is 0. The van der Waals surface area contributed by atoms with Gasteiger partial charge >= 0.3 is 0 Å². The van der Waals surface area contributed by atoms with Crippen LogP contribution in [0.2, 0.25) is 0 Å². The maximum atomic E-state index is 5.56. The number of hydrogen-bond acceptors (Lipinski definition) is 6. The van der Waals surface area contributed by atoms with E-state index >= 15 is 0 Å². The molecule has 5 nitrogen and oxygen atoms in total. The van der Waals surface area contributed by atoms with E-state index in [9.17, 15) is 0 Å².